The lowest BCUT2D eigenvalue weighted by Crippen LogP contribution is -2.37. The third-order valence-electron chi connectivity index (χ3n) is 2.63. The molecule has 1 rings (SSSR count). The van der Waals surface area contributed by atoms with Crippen LogP contribution in [0.5, 0.6) is 0 Å². The number of rotatable bonds is 8. The third-order valence-corrected chi connectivity index (χ3v) is 3.47. The Labute approximate surface area is 116 Å². The summed E-state index contributed by atoms with van der Waals surface area (Å²) in [5.74, 6) is -1.16. The zero-order valence-electron chi connectivity index (χ0n) is 10.9. The number of carbonyl (C=O) groups excluding carboxylic acids is 1. The van der Waals surface area contributed by atoms with Gasteiger partial charge in [0.1, 0.15) is 0 Å². The monoisotopic (exact) mass is 285 g/mol. The first-order valence-corrected chi connectivity index (χ1v) is 7.10. The molecule has 0 saturated carbocycles. The van der Waals surface area contributed by atoms with E-state index in [-0.39, 0.29) is 11.9 Å². The average Bonchev–Trinajstić information content (AvgIpc) is 2.87. The number of carboxylic acids is 1. The molecular formula is C12H19N3O3S. The van der Waals surface area contributed by atoms with Crippen molar-refractivity contribution < 1.29 is 14.7 Å². The van der Waals surface area contributed by atoms with Gasteiger partial charge in [0.15, 0.2) is 0 Å². The van der Waals surface area contributed by atoms with Crippen LogP contribution < -0.4 is 10.6 Å². The number of hydrogen-bond acceptors (Lipinski definition) is 4. The molecule has 7 heteroatoms. The van der Waals surface area contributed by atoms with Crippen molar-refractivity contribution in [1.29, 1.82) is 0 Å². The number of aromatic nitrogens is 1. The van der Waals surface area contributed by atoms with Crippen molar-refractivity contribution >= 4 is 23.3 Å². The maximum Gasteiger partial charge on any atom is 0.314 e. The summed E-state index contributed by atoms with van der Waals surface area (Å²) in [5, 5.41) is 17.0. The Bertz CT molecular complexity index is 395. The summed E-state index contributed by atoms with van der Waals surface area (Å²) < 4.78 is 0. The molecule has 0 spiro atoms. The molecule has 0 fully saturated rings. The smallest absolute Gasteiger partial charge is 0.314 e. The molecule has 106 valence electrons. The Morgan fingerprint density at radius 3 is 2.79 bits per heavy atom. The van der Waals surface area contributed by atoms with Crippen molar-refractivity contribution in [1.82, 2.24) is 15.6 Å². The van der Waals surface area contributed by atoms with E-state index >= 15 is 0 Å². The molecule has 0 radical (unpaired) electrons. The molecule has 0 bridgehead atoms. The van der Waals surface area contributed by atoms with Crippen LogP contribution in [0.1, 0.15) is 24.8 Å². The van der Waals surface area contributed by atoms with Gasteiger partial charge in [0.2, 0.25) is 0 Å². The van der Waals surface area contributed by atoms with Crippen LogP contribution in [0.25, 0.3) is 0 Å². The second-order valence-corrected chi connectivity index (χ2v) is 5.22. The third kappa shape index (κ3) is 6.76. The first kappa shape index (κ1) is 15.4. The zero-order valence-corrected chi connectivity index (χ0v) is 11.7. The minimum Gasteiger partial charge on any atom is -0.481 e. The second kappa shape index (κ2) is 8.47. The van der Waals surface area contributed by atoms with Gasteiger partial charge in [-0.15, -0.1) is 11.3 Å². The molecule has 0 aliphatic heterocycles. The molecular weight excluding hydrogens is 266 g/mol. The fourth-order valence-electron chi connectivity index (χ4n) is 1.46. The van der Waals surface area contributed by atoms with Gasteiger partial charge in [0.05, 0.1) is 10.9 Å². The van der Waals surface area contributed by atoms with Gasteiger partial charge in [-0.2, -0.15) is 0 Å². The van der Waals surface area contributed by atoms with Crippen molar-refractivity contribution in [2.75, 3.05) is 13.1 Å². The van der Waals surface area contributed by atoms with Gasteiger partial charge in [-0.05, 0) is 12.8 Å². The van der Waals surface area contributed by atoms with E-state index < -0.39 is 5.97 Å². The van der Waals surface area contributed by atoms with E-state index in [1.54, 1.807) is 24.5 Å². The van der Waals surface area contributed by atoms with Crippen LogP contribution in [0.4, 0.5) is 4.79 Å². The number of hydrogen-bond donors (Lipinski definition) is 3. The summed E-state index contributed by atoms with van der Waals surface area (Å²) in [6.45, 7) is 2.70. The minimum atomic E-state index is -0.798. The lowest BCUT2D eigenvalue weighted by molar-refractivity contribution is -0.141. The molecule has 1 atom stereocenters. The van der Waals surface area contributed by atoms with Crippen LogP contribution in [0, 0.1) is 5.92 Å². The van der Waals surface area contributed by atoms with Crippen LogP contribution in [-0.4, -0.2) is 35.2 Å². The number of nitrogens with one attached hydrogen (secondary N) is 2. The average molecular weight is 285 g/mol. The summed E-state index contributed by atoms with van der Waals surface area (Å²) in [6.07, 6.45) is 3.69. The quantitative estimate of drug-likeness (QED) is 0.631. The summed E-state index contributed by atoms with van der Waals surface area (Å²) in [4.78, 5) is 26.1. The first-order valence-electron chi connectivity index (χ1n) is 6.22. The Balaban J connectivity index is 2.00. The van der Waals surface area contributed by atoms with Gasteiger partial charge in [-0.3, -0.25) is 4.79 Å². The van der Waals surface area contributed by atoms with Crippen molar-refractivity contribution in [3.8, 4) is 0 Å². The van der Waals surface area contributed by atoms with Gasteiger partial charge in [-0.1, -0.05) is 6.92 Å². The highest BCUT2D eigenvalue weighted by molar-refractivity contribution is 7.09. The second-order valence-electron chi connectivity index (χ2n) is 4.24. The molecule has 0 aliphatic rings. The molecule has 1 heterocycles. The number of aliphatic carboxylic acids is 1. The van der Waals surface area contributed by atoms with Crippen molar-refractivity contribution in [3.63, 3.8) is 0 Å². The summed E-state index contributed by atoms with van der Waals surface area (Å²) >= 11 is 1.56. The Morgan fingerprint density at radius 1 is 1.42 bits per heavy atom. The highest BCUT2D eigenvalue weighted by atomic mass is 32.1. The topological polar surface area (TPSA) is 91.3 Å². The molecule has 0 aromatic carbocycles. The van der Waals surface area contributed by atoms with Crippen molar-refractivity contribution in [3.05, 3.63) is 16.6 Å². The van der Waals surface area contributed by atoms with E-state index in [2.05, 4.69) is 15.6 Å². The van der Waals surface area contributed by atoms with E-state index in [9.17, 15) is 9.59 Å². The van der Waals surface area contributed by atoms with Crippen LogP contribution >= 0.6 is 11.3 Å². The lowest BCUT2D eigenvalue weighted by atomic mass is 10.1. The van der Waals surface area contributed by atoms with E-state index in [0.29, 0.717) is 25.9 Å². The minimum absolute atomic E-state index is 0.223. The van der Waals surface area contributed by atoms with Crippen LogP contribution in [-0.2, 0) is 11.2 Å². The Morgan fingerprint density at radius 2 is 2.16 bits per heavy atom. The van der Waals surface area contributed by atoms with Gasteiger partial charge in [0.25, 0.3) is 0 Å². The standard InChI is InChI=1S/C12H19N3O3S/c1-9(11(16)17)3-2-5-14-12(18)15-6-4-10-13-7-8-19-10/h7-9H,2-6H2,1H3,(H,16,17)(H2,14,15,18). The normalized spacial score (nSPS) is 11.8. The summed E-state index contributed by atoms with van der Waals surface area (Å²) in [5.41, 5.74) is 0. The van der Waals surface area contributed by atoms with Crippen LogP contribution in [0.2, 0.25) is 0 Å². The van der Waals surface area contributed by atoms with Gasteiger partial charge < -0.3 is 15.7 Å². The summed E-state index contributed by atoms with van der Waals surface area (Å²) in [6, 6.07) is -0.223. The summed E-state index contributed by atoms with van der Waals surface area (Å²) in [7, 11) is 0. The molecule has 2 amide bonds. The fourth-order valence-corrected chi connectivity index (χ4v) is 2.08. The van der Waals surface area contributed by atoms with Crippen molar-refractivity contribution in [2.45, 2.75) is 26.2 Å². The Hall–Kier alpha value is -1.63. The number of nitrogens with zero attached hydrogens (tertiary/aromatic N) is 1. The number of carbonyl (C=O) groups is 2. The predicted octanol–water partition coefficient (Wildman–Crippen LogP) is 1.49. The maximum absolute atomic E-state index is 11.4. The van der Waals surface area contributed by atoms with E-state index in [4.69, 9.17) is 5.11 Å². The molecule has 0 aliphatic carbocycles. The highest BCUT2D eigenvalue weighted by Gasteiger charge is 2.09. The number of thiazole rings is 1. The lowest BCUT2D eigenvalue weighted by Gasteiger charge is -2.08. The SMILES string of the molecule is CC(CCCNC(=O)NCCc1nccs1)C(=O)O. The van der Waals surface area contributed by atoms with Crippen LogP contribution in [0.3, 0.4) is 0 Å². The van der Waals surface area contributed by atoms with Gasteiger partial charge in [0, 0.05) is 31.1 Å². The van der Waals surface area contributed by atoms with Gasteiger partial charge in [-0.25, -0.2) is 9.78 Å². The fraction of sp³-hybridized carbons (Fsp3) is 0.583. The Kier molecular flexibility index (Phi) is 6.88. The molecule has 0 saturated heterocycles. The van der Waals surface area contributed by atoms with E-state index in [1.165, 1.54) is 0 Å². The predicted molar refractivity (Wildman–Crippen MR) is 73.3 cm³/mol. The molecule has 1 aromatic heterocycles. The number of urea groups is 1. The maximum atomic E-state index is 11.4. The van der Waals surface area contributed by atoms with Gasteiger partial charge >= 0.3 is 12.0 Å². The highest BCUT2D eigenvalue weighted by Crippen LogP contribution is 2.04. The number of carboxylic acid groups (broad SMARTS) is 1. The van der Waals surface area contributed by atoms with Crippen molar-refractivity contribution in [2.24, 2.45) is 5.92 Å². The largest absolute Gasteiger partial charge is 0.481 e. The van der Waals surface area contributed by atoms with E-state index in [0.717, 1.165) is 11.4 Å². The van der Waals surface area contributed by atoms with E-state index in [1.807, 2.05) is 5.38 Å². The molecule has 19 heavy (non-hydrogen) atoms. The molecule has 1 unspecified atom stereocenters. The molecule has 6 nitrogen and oxygen atoms in total. The molecule has 3 N–H and O–H groups in total. The molecule has 1 aromatic rings. The van der Waals surface area contributed by atoms with Crippen LogP contribution in [0.15, 0.2) is 11.6 Å². The zero-order chi connectivity index (χ0) is 14.1. The first-order chi connectivity index (χ1) is 9.09. The number of amides is 2.